The minimum atomic E-state index is 0.893. The molecule has 0 saturated carbocycles. The highest BCUT2D eigenvalue weighted by Crippen LogP contribution is 2.48. The maximum atomic E-state index is 6.93. The molecular formula is C60H34O. The Morgan fingerprint density at radius 1 is 0.213 bits per heavy atom. The summed E-state index contributed by atoms with van der Waals surface area (Å²) in [6.45, 7) is 0. The van der Waals surface area contributed by atoms with Crippen LogP contribution in [-0.4, -0.2) is 0 Å². The molecule has 14 aromatic rings. The van der Waals surface area contributed by atoms with Gasteiger partial charge in [-0.15, -0.1) is 0 Å². The molecule has 1 heterocycles. The second-order valence-corrected chi connectivity index (χ2v) is 16.7. The summed E-state index contributed by atoms with van der Waals surface area (Å²) >= 11 is 0. The summed E-state index contributed by atoms with van der Waals surface area (Å²) in [4.78, 5) is 0. The molecule has 1 aromatic heterocycles. The number of benzene rings is 13. The third-order valence-corrected chi connectivity index (χ3v) is 13.5. The Morgan fingerprint density at radius 2 is 0.754 bits per heavy atom. The van der Waals surface area contributed by atoms with Crippen LogP contribution >= 0.6 is 0 Å². The van der Waals surface area contributed by atoms with Crippen LogP contribution in [0.3, 0.4) is 0 Å². The number of furan rings is 1. The van der Waals surface area contributed by atoms with E-state index >= 15 is 0 Å². The zero-order valence-electron chi connectivity index (χ0n) is 33.0. The van der Waals surface area contributed by atoms with Crippen LogP contribution in [0.1, 0.15) is 0 Å². The van der Waals surface area contributed by atoms with Gasteiger partial charge in [0.2, 0.25) is 0 Å². The zero-order valence-corrected chi connectivity index (χ0v) is 33.0. The van der Waals surface area contributed by atoms with Crippen molar-refractivity contribution in [2.24, 2.45) is 0 Å². The van der Waals surface area contributed by atoms with Gasteiger partial charge in [0.05, 0.1) is 0 Å². The summed E-state index contributed by atoms with van der Waals surface area (Å²) in [6, 6.07) is 76.5. The fraction of sp³-hybridized carbons (Fsp3) is 0. The highest BCUT2D eigenvalue weighted by atomic mass is 16.3. The Labute approximate surface area is 350 Å². The van der Waals surface area contributed by atoms with Gasteiger partial charge in [0.1, 0.15) is 11.2 Å². The Kier molecular flexibility index (Phi) is 6.62. The van der Waals surface area contributed by atoms with Gasteiger partial charge in [-0.3, -0.25) is 0 Å². The molecule has 0 aliphatic carbocycles. The molecule has 0 aliphatic heterocycles. The Balaban J connectivity index is 1.05. The predicted molar refractivity (Wildman–Crippen MR) is 261 cm³/mol. The van der Waals surface area contributed by atoms with Gasteiger partial charge in [0.25, 0.3) is 0 Å². The minimum absolute atomic E-state index is 0.893. The van der Waals surface area contributed by atoms with E-state index < -0.39 is 0 Å². The monoisotopic (exact) mass is 770 g/mol. The minimum Gasteiger partial charge on any atom is -0.456 e. The van der Waals surface area contributed by atoms with Gasteiger partial charge in [-0.1, -0.05) is 176 Å². The average Bonchev–Trinajstić information content (AvgIpc) is 3.68. The first-order chi connectivity index (χ1) is 30.2. The third kappa shape index (κ3) is 4.66. The average molecular weight is 771 g/mol. The lowest BCUT2D eigenvalue weighted by Crippen LogP contribution is -1.91. The number of rotatable bonds is 3. The highest BCUT2D eigenvalue weighted by Gasteiger charge is 2.21. The van der Waals surface area contributed by atoms with Crippen LogP contribution in [0, 0.1) is 0 Å². The molecule has 280 valence electrons. The van der Waals surface area contributed by atoms with Crippen LogP contribution in [0.5, 0.6) is 0 Å². The van der Waals surface area contributed by atoms with Gasteiger partial charge in [-0.25, -0.2) is 0 Å². The van der Waals surface area contributed by atoms with E-state index in [2.05, 4.69) is 206 Å². The molecule has 0 radical (unpaired) electrons. The molecule has 1 nitrogen and oxygen atoms in total. The lowest BCUT2D eigenvalue weighted by Gasteiger charge is -2.18. The summed E-state index contributed by atoms with van der Waals surface area (Å²) in [5.41, 5.74) is 8.98. The SMILES string of the molecule is c1ccc2cc3c(cc2c1)oc1cc(-c2ccc(-c4cc5ccc6ccccc6c5c5ccccc45)c4ccccc24)cc(-c2ccc4ccc5cccc6ccc2c4c56)c13. The van der Waals surface area contributed by atoms with Gasteiger partial charge in [0, 0.05) is 10.8 Å². The number of hydrogen-bond acceptors (Lipinski definition) is 1. The molecule has 0 spiro atoms. The van der Waals surface area contributed by atoms with Crippen molar-refractivity contribution in [3.63, 3.8) is 0 Å². The van der Waals surface area contributed by atoms with Crippen molar-refractivity contribution in [2.75, 3.05) is 0 Å². The summed E-state index contributed by atoms with van der Waals surface area (Å²) < 4.78 is 6.93. The first kappa shape index (κ1) is 32.9. The second-order valence-electron chi connectivity index (χ2n) is 16.7. The lowest BCUT2D eigenvalue weighted by atomic mass is 9.85. The molecule has 14 rings (SSSR count). The van der Waals surface area contributed by atoms with E-state index in [1.807, 2.05) is 0 Å². The molecular weight excluding hydrogens is 737 g/mol. The Hall–Kier alpha value is -8.00. The highest BCUT2D eigenvalue weighted by molar-refractivity contribution is 6.28. The fourth-order valence-electron chi connectivity index (χ4n) is 10.8. The van der Waals surface area contributed by atoms with E-state index in [0.29, 0.717) is 0 Å². The molecule has 0 aliphatic rings. The van der Waals surface area contributed by atoms with Gasteiger partial charge < -0.3 is 4.42 Å². The second kappa shape index (κ2) is 12.3. The molecule has 0 N–H and O–H groups in total. The largest absolute Gasteiger partial charge is 0.456 e. The summed E-state index contributed by atoms with van der Waals surface area (Å²) in [5, 5.41) is 22.5. The quantitative estimate of drug-likeness (QED) is 0.163. The van der Waals surface area contributed by atoms with Crippen molar-refractivity contribution in [3.05, 3.63) is 206 Å². The molecule has 0 saturated heterocycles. The standard InChI is InChI=1S/C60H34O/c1-2-12-40-33-55-54(30-39(40)11-1)60-53(49-26-24-38-22-21-36-13-9-14-37-25-27-51(49)59(38)57(36)37)32-42(34-56(60)61-55)43-28-29-48(46-17-6-5-16-45(43)46)52-31-41-23-20-35-10-3-4-15-44(35)58(41)50-19-8-7-18-47(50)52/h1-34H. The van der Waals surface area contributed by atoms with E-state index in [0.717, 1.165) is 27.5 Å². The Morgan fingerprint density at radius 3 is 1.56 bits per heavy atom. The molecule has 0 bridgehead atoms. The van der Waals surface area contributed by atoms with Crippen LogP contribution < -0.4 is 0 Å². The third-order valence-electron chi connectivity index (χ3n) is 13.5. The van der Waals surface area contributed by atoms with Crippen molar-refractivity contribution in [2.45, 2.75) is 0 Å². The summed E-state index contributed by atoms with van der Waals surface area (Å²) in [5.74, 6) is 0. The topological polar surface area (TPSA) is 13.1 Å². The molecule has 13 aromatic carbocycles. The van der Waals surface area contributed by atoms with Crippen LogP contribution in [0.4, 0.5) is 0 Å². The van der Waals surface area contributed by atoms with Crippen molar-refractivity contribution >= 4 is 108 Å². The number of fused-ring (bicyclic) bond motifs is 10. The first-order valence-electron chi connectivity index (χ1n) is 21.2. The van der Waals surface area contributed by atoms with Crippen molar-refractivity contribution in [1.82, 2.24) is 0 Å². The molecule has 0 amide bonds. The van der Waals surface area contributed by atoms with Gasteiger partial charge in [0.15, 0.2) is 0 Å². The van der Waals surface area contributed by atoms with Crippen molar-refractivity contribution in [1.29, 1.82) is 0 Å². The Bertz CT molecular complexity index is 4150. The maximum absolute atomic E-state index is 6.93. The van der Waals surface area contributed by atoms with Crippen LogP contribution in [0.15, 0.2) is 211 Å². The number of hydrogen-bond donors (Lipinski definition) is 0. The van der Waals surface area contributed by atoms with E-state index in [9.17, 15) is 0 Å². The van der Waals surface area contributed by atoms with Gasteiger partial charge >= 0.3 is 0 Å². The lowest BCUT2D eigenvalue weighted by molar-refractivity contribution is 0.669. The molecule has 1 heteroatoms. The fourth-order valence-corrected chi connectivity index (χ4v) is 10.8. The van der Waals surface area contributed by atoms with E-state index in [-0.39, 0.29) is 0 Å². The molecule has 0 atom stereocenters. The predicted octanol–water partition coefficient (Wildman–Crippen LogP) is 17.3. The van der Waals surface area contributed by atoms with Gasteiger partial charge in [-0.05, 0) is 150 Å². The van der Waals surface area contributed by atoms with E-state index in [4.69, 9.17) is 4.42 Å². The maximum Gasteiger partial charge on any atom is 0.136 e. The van der Waals surface area contributed by atoms with Crippen LogP contribution in [-0.2, 0) is 0 Å². The summed E-state index contributed by atoms with van der Waals surface area (Å²) in [7, 11) is 0. The molecule has 61 heavy (non-hydrogen) atoms. The van der Waals surface area contributed by atoms with Crippen LogP contribution in [0.25, 0.3) is 141 Å². The first-order valence-corrected chi connectivity index (χ1v) is 21.2. The van der Waals surface area contributed by atoms with Crippen molar-refractivity contribution in [3.8, 4) is 33.4 Å². The zero-order chi connectivity index (χ0) is 39.8. The normalized spacial score (nSPS) is 12.3. The van der Waals surface area contributed by atoms with Gasteiger partial charge in [-0.2, -0.15) is 0 Å². The molecule has 0 fully saturated rings. The summed E-state index contributed by atoms with van der Waals surface area (Å²) in [6.07, 6.45) is 0. The van der Waals surface area contributed by atoms with E-state index in [1.165, 1.54) is 114 Å². The van der Waals surface area contributed by atoms with E-state index in [1.54, 1.807) is 0 Å². The smallest absolute Gasteiger partial charge is 0.136 e. The van der Waals surface area contributed by atoms with Crippen molar-refractivity contribution < 1.29 is 4.42 Å². The van der Waals surface area contributed by atoms with Crippen LogP contribution in [0.2, 0.25) is 0 Å². The molecule has 0 unspecified atom stereocenters.